The maximum atomic E-state index is 14.1. The number of carbonyl (C=O) groups excluding carboxylic acids is 2. The molecular weight excluding hydrogens is 614 g/mol. The molecule has 0 aliphatic heterocycles. The lowest BCUT2D eigenvalue weighted by molar-refractivity contribution is -0.175. The summed E-state index contributed by atoms with van der Waals surface area (Å²) in [5.41, 5.74) is 0.253. The number of carboxylic acid groups (broad SMARTS) is 1. The number of hydrogen-bond acceptors (Lipinski definition) is 5. The predicted octanol–water partition coefficient (Wildman–Crippen LogP) is 8.87. The minimum absolute atomic E-state index is 0.119. The lowest BCUT2D eigenvalue weighted by atomic mass is 9.39. The maximum Gasteiger partial charge on any atom is 0.309 e. The maximum absolute atomic E-state index is 14.1. The van der Waals surface area contributed by atoms with E-state index in [-0.39, 0.29) is 34.7 Å². The second kappa shape index (κ2) is 14.6. The zero-order valence-electron chi connectivity index (χ0n) is 31.7. The molecule has 5 rings (SSSR count). The van der Waals surface area contributed by atoms with Crippen LogP contribution in [0.3, 0.4) is 0 Å². The van der Waals surface area contributed by atoms with Crippen LogP contribution in [0, 0.1) is 57.2 Å². The summed E-state index contributed by atoms with van der Waals surface area (Å²) >= 11 is 0. The number of benzene rings is 1. The van der Waals surface area contributed by atoms with E-state index >= 15 is 0 Å². The second-order valence-electron chi connectivity index (χ2n) is 18.1. The Morgan fingerprint density at radius 3 is 2.35 bits per heavy atom. The van der Waals surface area contributed by atoms with Gasteiger partial charge in [0.15, 0.2) is 0 Å². The predicted molar refractivity (Wildman–Crippen MR) is 193 cm³/mol. The van der Waals surface area contributed by atoms with E-state index < -0.39 is 17.4 Å². The number of aliphatic carboxylic acids is 1. The Hall–Kier alpha value is -2.57. The van der Waals surface area contributed by atoms with Gasteiger partial charge >= 0.3 is 11.9 Å². The van der Waals surface area contributed by atoms with E-state index in [0.717, 1.165) is 50.7 Å². The fraction of sp³-hybridized carbons (Fsp3) is 0.786. The molecule has 9 unspecified atom stereocenters. The first kappa shape index (κ1) is 37.7. The number of amides is 1. The smallest absolute Gasteiger partial charge is 0.309 e. The van der Waals surface area contributed by atoms with E-state index in [1.54, 1.807) is 21.0 Å². The number of hydrogen-bond donors (Lipinski definition) is 2. The van der Waals surface area contributed by atoms with Crippen LogP contribution in [0.25, 0.3) is 0 Å². The molecule has 4 aliphatic carbocycles. The van der Waals surface area contributed by atoms with Gasteiger partial charge in [0.05, 0.1) is 24.4 Å². The number of carbonyl (C=O) groups is 3. The van der Waals surface area contributed by atoms with E-state index in [2.05, 4.69) is 52.1 Å². The third-order valence-corrected chi connectivity index (χ3v) is 14.7. The lowest BCUT2D eigenvalue weighted by Gasteiger charge is -2.65. The van der Waals surface area contributed by atoms with Gasteiger partial charge < -0.3 is 19.9 Å². The van der Waals surface area contributed by atoms with E-state index in [0.29, 0.717) is 42.0 Å². The molecule has 4 aliphatic rings. The van der Waals surface area contributed by atoms with Gasteiger partial charge in [-0.2, -0.15) is 0 Å². The molecule has 0 aromatic heterocycles. The Labute approximate surface area is 296 Å². The Bertz CT molecular complexity index is 1340. The summed E-state index contributed by atoms with van der Waals surface area (Å²) in [6.07, 6.45) is 12.7. The second-order valence-corrected chi connectivity index (χ2v) is 18.1. The van der Waals surface area contributed by atoms with Crippen LogP contribution < -0.4 is 10.1 Å². The number of nitrogens with one attached hydrogen (secondary N) is 1. The third-order valence-electron chi connectivity index (χ3n) is 14.7. The van der Waals surface area contributed by atoms with Gasteiger partial charge in [-0.3, -0.25) is 14.4 Å². The highest BCUT2D eigenvalue weighted by Gasteiger charge is 2.64. The summed E-state index contributed by atoms with van der Waals surface area (Å²) in [4.78, 5) is 38.6. The average molecular weight is 680 g/mol. The van der Waals surface area contributed by atoms with Gasteiger partial charge in [0, 0.05) is 6.54 Å². The van der Waals surface area contributed by atoms with Crippen molar-refractivity contribution in [1.29, 1.82) is 0 Å². The van der Waals surface area contributed by atoms with Gasteiger partial charge in [-0.05, 0) is 149 Å². The molecule has 0 radical (unpaired) electrons. The minimum Gasteiger partial charge on any atom is -0.497 e. The summed E-state index contributed by atoms with van der Waals surface area (Å²) in [6.45, 7) is 15.6. The molecule has 9 atom stereocenters. The van der Waals surface area contributed by atoms with Gasteiger partial charge in [0.25, 0.3) is 0 Å². The van der Waals surface area contributed by atoms with Crippen LogP contribution in [0.15, 0.2) is 24.3 Å². The van der Waals surface area contributed by atoms with Crippen LogP contribution in [0.1, 0.15) is 131 Å². The molecule has 4 fully saturated rings. The van der Waals surface area contributed by atoms with Crippen molar-refractivity contribution in [2.75, 3.05) is 13.7 Å². The first-order valence-electron chi connectivity index (χ1n) is 19.4. The SMILES string of the molecule is COc1ccc(CCNC(=O)C23CCCC2C2CCC4C(C)(CCC(OC(=O)CC(C)(C)C(=O)O)C(C)C)C(C)CCC4(C)C2CC3)cc1. The van der Waals surface area contributed by atoms with Gasteiger partial charge in [-0.15, -0.1) is 0 Å². The van der Waals surface area contributed by atoms with Gasteiger partial charge in [0.1, 0.15) is 11.9 Å². The van der Waals surface area contributed by atoms with Crippen molar-refractivity contribution in [3.63, 3.8) is 0 Å². The van der Waals surface area contributed by atoms with E-state index in [1.165, 1.54) is 37.7 Å². The summed E-state index contributed by atoms with van der Waals surface area (Å²) in [7, 11) is 1.68. The number of carboxylic acids is 1. The highest BCUT2D eigenvalue weighted by Crippen LogP contribution is 2.70. The van der Waals surface area contributed by atoms with Crippen LogP contribution in [-0.4, -0.2) is 42.7 Å². The minimum atomic E-state index is -1.14. The quantitative estimate of drug-likeness (QED) is 0.202. The molecule has 49 heavy (non-hydrogen) atoms. The summed E-state index contributed by atoms with van der Waals surface area (Å²) in [6, 6.07) is 8.15. The molecule has 2 N–H and O–H groups in total. The van der Waals surface area contributed by atoms with E-state index in [9.17, 15) is 19.5 Å². The molecule has 1 amide bonds. The molecule has 274 valence electrons. The molecule has 0 spiro atoms. The molecule has 0 bridgehead atoms. The van der Waals surface area contributed by atoms with Crippen molar-refractivity contribution < 1.29 is 29.0 Å². The van der Waals surface area contributed by atoms with Crippen LogP contribution >= 0.6 is 0 Å². The highest BCUT2D eigenvalue weighted by atomic mass is 16.5. The average Bonchev–Trinajstić information content (AvgIpc) is 3.51. The zero-order chi connectivity index (χ0) is 35.8. The van der Waals surface area contributed by atoms with Crippen LogP contribution in [0.4, 0.5) is 0 Å². The molecule has 1 aromatic carbocycles. The number of methoxy groups -OCH3 is 1. The molecule has 7 heteroatoms. The fourth-order valence-electron chi connectivity index (χ4n) is 11.5. The van der Waals surface area contributed by atoms with Crippen molar-refractivity contribution in [1.82, 2.24) is 5.32 Å². The monoisotopic (exact) mass is 679 g/mol. The van der Waals surface area contributed by atoms with Crippen LogP contribution in [0.5, 0.6) is 5.75 Å². The van der Waals surface area contributed by atoms with Gasteiger partial charge in [0.2, 0.25) is 5.91 Å². The molecule has 0 heterocycles. The summed E-state index contributed by atoms with van der Waals surface area (Å²) < 4.78 is 11.3. The molecular formula is C42H65NO6. The summed E-state index contributed by atoms with van der Waals surface area (Å²) in [5, 5.41) is 12.9. The number of esters is 1. The normalized spacial score (nSPS) is 34.7. The highest BCUT2D eigenvalue weighted by molar-refractivity contribution is 5.83. The molecule has 1 aromatic rings. The summed E-state index contributed by atoms with van der Waals surface area (Å²) in [5.74, 6) is 2.87. The van der Waals surface area contributed by atoms with Crippen molar-refractivity contribution >= 4 is 17.8 Å². The van der Waals surface area contributed by atoms with E-state index in [1.807, 2.05) is 12.1 Å². The van der Waals surface area contributed by atoms with Crippen molar-refractivity contribution in [2.24, 2.45) is 57.2 Å². The largest absolute Gasteiger partial charge is 0.497 e. The molecule has 0 saturated heterocycles. The zero-order valence-corrected chi connectivity index (χ0v) is 31.7. The van der Waals surface area contributed by atoms with Gasteiger partial charge in [-0.25, -0.2) is 0 Å². The Morgan fingerprint density at radius 1 is 0.980 bits per heavy atom. The van der Waals surface area contributed by atoms with Crippen LogP contribution in [-0.2, 0) is 25.5 Å². The lowest BCUT2D eigenvalue weighted by Crippen LogP contribution is -2.60. The standard InChI is InChI=1S/C42H65NO6/c1-27(2)34(49-36(44)26-39(4,5)38(46)47)19-23-40(6)28(3)17-22-41(7)32-18-24-42(21-9-10-33(42)31(32)15-16-35(40)41)37(45)43-25-20-29-11-13-30(48-8)14-12-29/h11-14,27-28,31-35H,9-10,15-26H2,1-8H3,(H,43,45)(H,46,47). The molecule has 7 nitrogen and oxygen atoms in total. The van der Waals surface area contributed by atoms with Crippen molar-refractivity contribution in [2.45, 2.75) is 138 Å². The van der Waals surface area contributed by atoms with E-state index in [4.69, 9.17) is 9.47 Å². The topological polar surface area (TPSA) is 102 Å². The fourth-order valence-corrected chi connectivity index (χ4v) is 11.5. The van der Waals surface area contributed by atoms with Crippen molar-refractivity contribution in [3.05, 3.63) is 29.8 Å². The first-order chi connectivity index (χ1) is 23.1. The van der Waals surface area contributed by atoms with Crippen LogP contribution in [0.2, 0.25) is 0 Å². The Morgan fingerprint density at radius 2 is 1.69 bits per heavy atom. The Balaban J connectivity index is 1.25. The Kier molecular flexibility index (Phi) is 11.2. The molecule has 4 saturated carbocycles. The third kappa shape index (κ3) is 7.29. The van der Waals surface area contributed by atoms with Gasteiger partial charge in [-0.1, -0.05) is 53.2 Å². The number of ether oxygens (including phenoxy) is 2. The number of rotatable bonds is 13. The number of fused-ring (bicyclic) bond motifs is 5. The first-order valence-corrected chi connectivity index (χ1v) is 19.4. The van der Waals surface area contributed by atoms with Crippen molar-refractivity contribution in [3.8, 4) is 5.75 Å².